The molecule has 1 unspecified atom stereocenters. The quantitative estimate of drug-likeness (QED) is 0.840. The van der Waals surface area contributed by atoms with Gasteiger partial charge in [0, 0.05) is 37.6 Å². The summed E-state index contributed by atoms with van der Waals surface area (Å²) in [4.78, 5) is 6.68. The third kappa shape index (κ3) is 2.66. The Morgan fingerprint density at radius 1 is 1.60 bits per heavy atom. The summed E-state index contributed by atoms with van der Waals surface area (Å²) in [6, 6.07) is 0.629. The first-order chi connectivity index (χ1) is 7.29. The third-order valence-electron chi connectivity index (χ3n) is 2.76. The molecule has 2 heterocycles. The van der Waals surface area contributed by atoms with E-state index >= 15 is 0 Å². The van der Waals surface area contributed by atoms with Gasteiger partial charge in [0.15, 0.2) is 0 Å². The second-order valence-corrected chi connectivity index (χ2v) is 4.75. The third-order valence-corrected chi connectivity index (χ3v) is 3.63. The molecule has 15 heavy (non-hydrogen) atoms. The van der Waals surface area contributed by atoms with Gasteiger partial charge >= 0.3 is 0 Å². The molecule has 0 bridgehead atoms. The molecule has 1 aromatic heterocycles. The lowest BCUT2D eigenvalue weighted by molar-refractivity contribution is 0.599. The Balaban J connectivity index is 1.91. The Hall–Kier alpha value is -0.680. The molecule has 1 fully saturated rings. The van der Waals surface area contributed by atoms with E-state index in [9.17, 15) is 0 Å². The lowest BCUT2D eigenvalue weighted by Crippen LogP contribution is -2.35. The summed E-state index contributed by atoms with van der Waals surface area (Å²) in [7, 11) is 2.10. The number of anilines is 1. The summed E-state index contributed by atoms with van der Waals surface area (Å²) in [6.45, 7) is 4.29. The van der Waals surface area contributed by atoms with Gasteiger partial charge in [-0.15, -0.1) is 0 Å². The minimum atomic E-state index is 0.629. The largest absolute Gasteiger partial charge is 0.348 e. The van der Waals surface area contributed by atoms with E-state index in [-0.39, 0.29) is 0 Å². The van der Waals surface area contributed by atoms with Crippen LogP contribution in [0.4, 0.5) is 5.13 Å². The van der Waals surface area contributed by atoms with Crippen LogP contribution in [0.2, 0.25) is 0 Å². The molecule has 2 rings (SSSR count). The normalized spacial score (nSPS) is 20.8. The Morgan fingerprint density at radius 3 is 3.07 bits per heavy atom. The highest BCUT2D eigenvalue weighted by molar-refractivity contribution is 7.09. The number of rotatable bonds is 4. The Labute approximate surface area is 94.9 Å². The van der Waals surface area contributed by atoms with Crippen molar-refractivity contribution >= 4 is 16.7 Å². The molecule has 4 nitrogen and oxygen atoms in total. The first kappa shape index (κ1) is 10.8. The molecule has 1 N–H and O–H groups in total. The van der Waals surface area contributed by atoms with Gasteiger partial charge in [-0.3, -0.25) is 0 Å². The van der Waals surface area contributed by atoms with Gasteiger partial charge in [-0.05, 0) is 19.4 Å². The summed E-state index contributed by atoms with van der Waals surface area (Å²) in [5.41, 5.74) is 0. The maximum Gasteiger partial charge on any atom is 0.204 e. The molecular formula is C10H18N4S. The molecule has 1 aliphatic rings. The van der Waals surface area contributed by atoms with E-state index < -0.39 is 0 Å². The highest BCUT2D eigenvalue weighted by Crippen LogP contribution is 2.17. The number of hydrogen-bond acceptors (Lipinski definition) is 5. The van der Waals surface area contributed by atoms with Crippen LogP contribution in [0.15, 0.2) is 0 Å². The van der Waals surface area contributed by atoms with Crippen LogP contribution in [0, 0.1) is 0 Å². The fourth-order valence-electron chi connectivity index (χ4n) is 1.86. The van der Waals surface area contributed by atoms with Crippen molar-refractivity contribution in [2.75, 3.05) is 25.0 Å². The van der Waals surface area contributed by atoms with Gasteiger partial charge in [0.25, 0.3) is 0 Å². The predicted molar refractivity (Wildman–Crippen MR) is 63.6 cm³/mol. The lowest BCUT2D eigenvalue weighted by atomic mass is 10.2. The summed E-state index contributed by atoms with van der Waals surface area (Å²) in [5, 5.41) is 4.53. The highest BCUT2D eigenvalue weighted by Gasteiger charge is 2.17. The summed E-state index contributed by atoms with van der Waals surface area (Å²) < 4.78 is 4.30. The van der Waals surface area contributed by atoms with E-state index in [1.165, 1.54) is 24.4 Å². The van der Waals surface area contributed by atoms with Crippen molar-refractivity contribution in [2.45, 2.75) is 32.2 Å². The fourth-order valence-corrected chi connectivity index (χ4v) is 2.58. The summed E-state index contributed by atoms with van der Waals surface area (Å²) in [5.74, 6) is 0.959. The molecule has 1 aromatic rings. The van der Waals surface area contributed by atoms with E-state index in [0.29, 0.717) is 6.04 Å². The van der Waals surface area contributed by atoms with E-state index in [4.69, 9.17) is 0 Å². The molecule has 0 saturated carbocycles. The molecule has 0 spiro atoms. The average Bonchev–Trinajstić information content (AvgIpc) is 2.86. The number of nitrogens with zero attached hydrogens (tertiary/aromatic N) is 3. The van der Waals surface area contributed by atoms with Gasteiger partial charge in [0.2, 0.25) is 5.13 Å². The molecule has 1 aliphatic heterocycles. The maximum absolute atomic E-state index is 4.48. The lowest BCUT2D eigenvalue weighted by Gasteiger charge is -2.19. The first-order valence-electron chi connectivity index (χ1n) is 5.56. The number of aromatic nitrogens is 2. The van der Waals surface area contributed by atoms with Crippen molar-refractivity contribution in [3.8, 4) is 0 Å². The number of hydrogen-bond donors (Lipinski definition) is 1. The molecule has 1 atom stereocenters. The molecule has 0 radical (unpaired) electrons. The van der Waals surface area contributed by atoms with Crippen molar-refractivity contribution in [3.05, 3.63) is 5.82 Å². The van der Waals surface area contributed by atoms with E-state index in [1.54, 1.807) is 0 Å². The molecule has 1 saturated heterocycles. The van der Waals surface area contributed by atoms with E-state index in [2.05, 4.69) is 33.5 Å². The van der Waals surface area contributed by atoms with Crippen molar-refractivity contribution in [1.82, 2.24) is 14.7 Å². The number of aryl methyl sites for hydroxylation is 1. The Bertz CT molecular complexity index is 306. The second kappa shape index (κ2) is 4.90. The van der Waals surface area contributed by atoms with Gasteiger partial charge in [-0.2, -0.15) is 4.37 Å². The standard InChI is InChI=1S/C10H18N4S/c1-3-9-12-10(15-13-9)14(2)7-8-5-4-6-11-8/h8,11H,3-7H2,1-2H3. The maximum atomic E-state index is 4.48. The summed E-state index contributed by atoms with van der Waals surface area (Å²) in [6.07, 6.45) is 3.50. The Morgan fingerprint density at radius 2 is 2.47 bits per heavy atom. The zero-order valence-electron chi connectivity index (χ0n) is 9.36. The van der Waals surface area contributed by atoms with Crippen LogP contribution in [0.25, 0.3) is 0 Å². The smallest absolute Gasteiger partial charge is 0.204 e. The minimum absolute atomic E-state index is 0.629. The van der Waals surface area contributed by atoms with Gasteiger partial charge < -0.3 is 10.2 Å². The van der Waals surface area contributed by atoms with Crippen LogP contribution in [-0.2, 0) is 6.42 Å². The van der Waals surface area contributed by atoms with Gasteiger partial charge in [0.05, 0.1) is 0 Å². The van der Waals surface area contributed by atoms with Crippen molar-refractivity contribution in [3.63, 3.8) is 0 Å². The molecule has 84 valence electrons. The van der Waals surface area contributed by atoms with Gasteiger partial charge in [-0.25, -0.2) is 4.98 Å². The van der Waals surface area contributed by atoms with Crippen LogP contribution < -0.4 is 10.2 Å². The summed E-state index contributed by atoms with van der Waals surface area (Å²) >= 11 is 1.50. The van der Waals surface area contributed by atoms with Gasteiger partial charge in [0.1, 0.15) is 5.82 Å². The second-order valence-electron chi connectivity index (χ2n) is 4.02. The predicted octanol–water partition coefficient (Wildman–Crippen LogP) is 1.29. The monoisotopic (exact) mass is 226 g/mol. The molecular weight excluding hydrogens is 208 g/mol. The van der Waals surface area contributed by atoms with Crippen molar-refractivity contribution in [2.24, 2.45) is 0 Å². The van der Waals surface area contributed by atoms with Crippen LogP contribution in [0.1, 0.15) is 25.6 Å². The topological polar surface area (TPSA) is 41.1 Å². The van der Waals surface area contributed by atoms with Crippen LogP contribution in [0.3, 0.4) is 0 Å². The van der Waals surface area contributed by atoms with E-state index in [1.807, 2.05) is 0 Å². The van der Waals surface area contributed by atoms with Crippen molar-refractivity contribution in [1.29, 1.82) is 0 Å². The molecule has 0 aromatic carbocycles. The zero-order valence-corrected chi connectivity index (χ0v) is 10.2. The van der Waals surface area contributed by atoms with E-state index in [0.717, 1.165) is 30.5 Å². The van der Waals surface area contributed by atoms with Crippen molar-refractivity contribution < 1.29 is 0 Å². The number of nitrogens with one attached hydrogen (secondary N) is 1. The van der Waals surface area contributed by atoms with Crippen LogP contribution in [-0.4, -0.2) is 35.5 Å². The SMILES string of the molecule is CCc1nsc(N(C)CC2CCCN2)n1. The van der Waals surface area contributed by atoms with Crippen LogP contribution in [0.5, 0.6) is 0 Å². The number of likely N-dealkylation sites (N-methyl/N-ethyl adjacent to an activating group) is 1. The highest BCUT2D eigenvalue weighted by atomic mass is 32.1. The Kier molecular flexibility index (Phi) is 3.53. The fraction of sp³-hybridized carbons (Fsp3) is 0.800. The zero-order chi connectivity index (χ0) is 10.7. The molecule has 0 amide bonds. The average molecular weight is 226 g/mol. The van der Waals surface area contributed by atoms with Gasteiger partial charge in [-0.1, -0.05) is 6.92 Å². The molecule has 0 aliphatic carbocycles. The van der Waals surface area contributed by atoms with Crippen LogP contribution >= 0.6 is 11.5 Å². The first-order valence-corrected chi connectivity index (χ1v) is 6.34. The molecule has 5 heteroatoms. The minimum Gasteiger partial charge on any atom is -0.348 e.